The molecule has 0 saturated carbocycles. The van der Waals surface area contributed by atoms with Crippen LogP contribution in [0.4, 0.5) is 0 Å². The number of rotatable bonds is 4. The van der Waals surface area contributed by atoms with Crippen LogP contribution >= 0.6 is 0 Å². The van der Waals surface area contributed by atoms with Crippen LogP contribution < -0.4 is 4.57 Å². The zero-order chi connectivity index (χ0) is 14.7. The van der Waals surface area contributed by atoms with Gasteiger partial charge in [0.05, 0.1) is 0 Å². The van der Waals surface area contributed by atoms with E-state index in [1.54, 1.807) is 0 Å². The predicted molar refractivity (Wildman–Crippen MR) is 85.9 cm³/mol. The third-order valence-electron chi connectivity index (χ3n) is 4.29. The summed E-state index contributed by atoms with van der Waals surface area (Å²) in [5.74, 6) is 0.667. The van der Waals surface area contributed by atoms with Crippen molar-refractivity contribution in [3.05, 3.63) is 53.2 Å². The maximum atomic E-state index is 2.37. The van der Waals surface area contributed by atoms with Crippen molar-refractivity contribution in [3.8, 4) is 11.3 Å². The van der Waals surface area contributed by atoms with Crippen LogP contribution in [-0.2, 0) is 7.05 Å². The average Bonchev–Trinajstić information content (AvgIpc) is 2.42. The van der Waals surface area contributed by atoms with Gasteiger partial charge in [0.25, 0.3) is 0 Å². The van der Waals surface area contributed by atoms with Crippen molar-refractivity contribution < 1.29 is 4.57 Å². The number of aromatic nitrogens is 1. The van der Waals surface area contributed by atoms with Crippen molar-refractivity contribution >= 4 is 0 Å². The molecule has 0 aliphatic heterocycles. The normalized spacial score (nSPS) is 11.1. The minimum Gasteiger partial charge on any atom is -0.201 e. The number of benzene rings is 1. The lowest BCUT2D eigenvalue weighted by molar-refractivity contribution is -0.660. The zero-order valence-electron chi connectivity index (χ0n) is 13.4. The van der Waals surface area contributed by atoms with Gasteiger partial charge in [0.15, 0.2) is 6.20 Å². The second-order valence-electron chi connectivity index (χ2n) is 5.79. The lowest BCUT2D eigenvalue weighted by Gasteiger charge is -2.13. The Morgan fingerprint density at radius 3 is 2.30 bits per heavy atom. The van der Waals surface area contributed by atoms with Gasteiger partial charge in [-0.15, -0.1) is 0 Å². The lowest BCUT2D eigenvalue weighted by atomic mass is 9.92. The van der Waals surface area contributed by atoms with E-state index in [2.05, 4.69) is 75.8 Å². The summed E-state index contributed by atoms with van der Waals surface area (Å²) in [5.41, 5.74) is 6.79. The Labute approximate surface area is 123 Å². The maximum absolute atomic E-state index is 2.37. The molecule has 106 valence electrons. The van der Waals surface area contributed by atoms with Crippen LogP contribution in [0.5, 0.6) is 0 Å². The first-order chi connectivity index (χ1) is 9.56. The summed E-state index contributed by atoms with van der Waals surface area (Å²) in [6.45, 7) is 8.90. The Balaban J connectivity index is 2.53. The molecule has 0 bridgehead atoms. The second kappa shape index (κ2) is 6.21. The molecule has 0 fully saturated rings. The molecule has 1 nitrogen and oxygen atoms in total. The molecule has 0 N–H and O–H groups in total. The first kappa shape index (κ1) is 14.8. The molecular formula is C19H26N+. The highest BCUT2D eigenvalue weighted by atomic mass is 14.9. The van der Waals surface area contributed by atoms with Gasteiger partial charge < -0.3 is 0 Å². The zero-order valence-corrected chi connectivity index (χ0v) is 13.4. The van der Waals surface area contributed by atoms with Gasteiger partial charge in [-0.2, -0.15) is 0 Å². The Morgan fingerprint density at radius 2 is 1.70 bits per heavy atom. The monoisotopic (exact) mass is 268 g/mol. The van der Waals surface area contributed by atoms with Crippen LogP contribution in [0, 0.1) is 13.8 Å². The molecule has 0 radical (unpaired) electrons. The van der Waals surface area contributed by atoms with Crippen LogP contribution in [-0.4, -0.2) is 0 Å². The molecule has 0 spiro atoms. The minimum absolute atomic E-state index is 0.667. The molecule has 0 atom stereocenters. The minimum atomic E-state index is 0.667. The third-order valence-corrected chi connectivity index (χ3v) is 4.29. The fraction of sp³-hybridized carbons (Fsp3) is 0.421. The summed E-state index contributed by atoms with van der Waals surface area (Å²) in [6, 6.07) is 11.3. The molecule has 2 rings (SSSR count). The molecule has 2 aromatic rings. The summed E-state index contributed by atoms with van der Waals surface area (Å²) in [6.07, 6.45) is 4.61. The van der Waals surface area contributed by atoms with E-state index >= 15 is 0 Å². The van der Waals surface area contributed by atoms with E-state index in [0.29, 0.717) is 5.92 Å². The van der Waals surface area contributed by atoms with Crippen LogP contribution in [0.3, 0.4) is 0 Å². The van der Waals surface area contributed by atoms with Gasteiger partial charge in [0.2, 0.25) is 5.69 Å². The fourth-order valence-corrected chi connectivity index (χ4v) is 2.97. The van der Waals surface area contributed by atoms with E-state index < -0.39 is 0 Å². The van der Waals surface area contributed by atoms with Gasteiger partial charge in [0.1, 0.15) is 7.05 Å². The van der Waals surface area contributed by atoms with Gasteiger partial charge in [-0.25, -0.2) is 4.57 Å². The topological polar surface area (TPSA) is 3.88 Å². The molecular weight excluding hydrogens is 242 g/mol. The highest BCUT2D eigenvalue weighted by molar-refractivity contribution is 5.62. The first-order valence-electron chi connectivity index (χ1n) is 7.64. The standard InChI is InChI=1S/C19H26N/c1-6-16(7-2)17-10-11-20(5)19(13-17)18-9-8-14(3)12-15(18)4/h8-13,16H,6-7H2,1-5H3/q+1. The number of aryl methyl sites for hydroxylation is 3. The maximum Gasteiger partial charge on any atom is 0.212 e. The number of nitrogens with zero attached hydrogens (tertiary/aromatic N) is 1. The van der Waals surface area contributed by atoms with E-state index in [-0.39, 0.29) is 0 Å². The molecule has 1 heteroatoms. The van der Waals surface area contributed by atoms with Crippen molar-refractivity contribution in [3.63, 3.8) is 0 Å². The number of pyridine rings is 1. The van der Waals surface area contributed by atoms with Gasteiger partial charge >= 0.3 is 0 Å². The summed E-state index contributed by atoms with van der Waals surface area (Å²) in [7, 11) is 2.13. The van der Waals surface area contributed by atoms with Crippen molar-refractivity contribution in [1.29, 1.82) is 0 Å². The molecule has 0 unspecified atom stereocenters. The highest BCUT2D eigenvalue weighted by Crippen LogP contribution is 2.27. The number of hydrogen-bond acceptors (Lipinski definition) is 0. The molecule has 0 aliphatic carbocycles. The van der Waals surface area contributed by atoms with Gasteiger partial charge in [-0.3, -0.25) is 0 Å². The molecule has 1 heterocycles. The molecule has 0 amide bonds. The van der Waals surface area contributed by atoms with Crippen molar-refractivity contribution in [2.24, 2.45) is 7.05 Å². The van der Waals surface area contributed by atoms with Crippen LogP contribution in [0.15, 0.2) is 36.5 Å². The summed E-state index contributed by atoms with van der Waals surface area (Å²) in [4.78, 5) is 0. The summed E-state index contributed by atoms with van der Waals surface area (Å²) < 4.78 is 2.23. The van der Waals surface area contributed by atoms with E-state index in [1.807, 2.05) is 0 Å². The molecule has 0 aliphatic rings. The second-order valence-corrected chi connectivity index (χ2v) is 5.79. The van der Waals surface area contributed by atoms with Crippen LogP contribution in [0.1, 0.15) is 49.3 Å². The molecule has 0 saturated heterocycles. The number of hydrogen-bond donors (Lipinski definition) is 0. The summed E-state index contributed by atoms with van der Waals surface area (Å²) in [5, 5.41) is 0. The van der Waals surface area contributed by atoms with Gasteiger partial charge in [0, 0.05) is 17.7 Å². The predicted octanol–water partition coefficient (Wildman–Crippen LogP) is 4.70. The Kier molecular flexibility index (Phi) is 4.59. The van der Waals surface area contributed by atoms with E-state index in [0.717, 1.165) is 0 Å². The van der Waals surface area contributed by atoms with Crippen molar-refractivity contribution in [2.45, 2.75) is 46.5 Å². The van der Waals surface area contributed by atoms with Crippen molar-refractivity contribution in [2.75, 3.05) is 0 Å². The largest absolute Gasteiger partial charge is 0.212 e. The third kappa shape index (κ3) is 2.92. The highest BCUT2D eigenvalue weighted by Gasteiger charge is 2.16. The van der Waals surface area contributed by atoms with E-state index in [9.17, 15) is 0 Å². The van der Waals surface area contributed by atoms with Crippen LogP contribution in [0.2, 0.25) is 0 Å². The SMILES string of the molecule is CCC(CC)c1cc[n+](C)c(-c2ccc(C)cc2C)c1. The Hall–Kier alpha value is -1.63. The smallest absolute Gasteiger partial charge is 0.201 e. The average molecular weight is 268 g/mol. The van der Waals surface area contributed by atoms with E-state index in [1.165, 1.54) is 40.8 Å². The fourth-order valence-electron chi connectivity index (χ4n) is 2.97. The molecule has 1 aromatic carbocycles. The van der Waals surface area contributed by atoms with Gasteiger partial charge in [-0.1, -0.05) is 31.5 Å². The first-order valence-corrected chi connectivity index (χ1v) is 7.64. The Bertz CT molecular complexity index is 595. The molecule has 1 aromatic heterocycles. The quantitative estimate of drug-likeness (QED) is 0.708. The van der Waals surface area contributed by atoms with E-state index in [4.69, 9.17) is 0 Å². The Morgan fingerprint density at radius 1 is 1.00 bits per heavy atom. The molecule has 20 heavy (non-hydrogen) atoms. The summed E-state index contributed by atoms with van der Waals surface area (Å²) >= 11 is 0. The lowest BCUT2D eigenvalue weighted by Crippen LogP contribution is -2.31. The van der Waals surface area contributed by atoms with Gasteiger partial charge in [-0.05, 0) is 49.8 Å². The van der Waals surface area contributed by atoms with Crippen molar-refractivity contribution in [1.82, 2.24) is 0 Å². The van der Waals surface area contributed by atoms with Crippen LogP contribution in [0.25, 0.3) is 11.3 Å².